The molecule has 1 aromatic carbocycles. The molecule has 4 aliphatic rings. The molecule has 4 saturated carbocycles. The fourth-order valence-corrected chi connectivity index (χ4v) is 6.36. The van der Waals surface area contributed by atoms with E-state index in [1.54, 1.807) is 6.07 Å². The van der Waals surface area contributed by atoms with Crippen molar-refractivity contribution in [3.63, 3.8) is 0 Å². The van der Waals surface area contributed by atoms with Crippen LogP contribution in [0.25, 0.3) is 0 Å². The topological polar surface area (TPSA) is 0 Å². The minimum Gasteiger partial charge on any atom is -0.207 e. The van der Waals surface area contributed by atoms with Crippen LogP contribution in [0.1, 0.15) is 61.4 Å². The summed E-state index contributed by atoms with van der Waals surface area (Å²) >= 11 is 6.74. The highest BCUT2D eigenvalue weighted by molar-refractivity contribution is 6.20. The standard InChI is InChI=1S/C19H24ClF/c1-12-4-16(2-3-18(12)21)17(20)11-19-8-13-5-14(9-19)7-15(6-13)10-19/h2-4,13-15,17H,5-11H2,1H3. The molecule has 4 aliphatic carbocycles. The molecule has 21 heavy (non-hydrogen) atoms. The van der Waals surface area contributed by atoms with Crippen molar-refractivity contribution >= 4 is 11.6 Å². The van der Waals surface area contributed by atoms with Crippen molar-refractivity contribution in [3.05, 3.63) is 35.1 Å². The number of rotatable bonds is 3. The highest BCUT2D eigenvalue weighted by atomic mass is 35.5. The molecule has 0 heterocycles. The van der Waals surface area contributed by atoms with Crippen molar-refractivity contribution < 1.29 is 4.39 Å². The van der Waals surface area contributed by atoms with Crippen LogP contribution in [-0.4, -0.2) is 0 Å². The second-order valence-corrected chi connectivity index (χ2v) is 8.62. The second-order valence-electron chi connectivity index (χ2n) is 8.10. The summed E-state index contributed by atoms with van der Waals surface area (Å²) < 4.78 is 13.4. The lowest BCUT2D eigenvalue weighted by atomic mass is 9.48. The highest BCUT2D eigenvalue weighted by Gasteiger charge is 2.51. The van der Waals surface area contributed by atoms with Crippen molar-refractivity contribution in [2.75, 3.05) is 0 Å². The Balaban J connectivity index is 1.53. The first-order chi connectivity index (χ1) is 10.0. The molecule has 1 atom stereocenters. The fourth-order valence-electron chi connectivity index (χ4n) is 5.90. The van der Waals surface area contributed by atoms with E-state index in [1.807, 2.05) is 19.1 Å². The number of hydrogen-bond donors (Lipinski definition) is 0. The van der Waals surface area contributed by atoms with Gasteiger partial charge in [-0.15, -0.1) is 11.6 Å². The zero-order valence-electron chi connectivity index (χ0n) is 12.7. The molecule has 0 aromatic heterocycles. The maximum atomic E-state index is 13.4. The zero-order valence-corrected chi connectivity index (χ0v) is 13.5. The van der Waals surface area contributed by atoms with E-state index in [1.165, 1.54) is 38.5 Å². The minimum absolute atomic E-state index is 0.0422. The van der Waals surface area contributed by atoms with Crippen LogP contribution in [0.2, 0.25) is 0 Å². The number of halogens is 2. The van der Waals surface area contributed by atoms with E-state index in [0.717, 1.165) is 29.7 Å². The Bertz CT molecular complexity index is 515. The predicted octanol–water partition coefficient (Wildman–Crippen LogP) is 6.02. The first kappa shape index (κ1) is 14.1. The van der Waals surface area contributed by atoms with Gasteiger partial charge in [0, 0.05) is 0 Å². The molecule has 5 rings (SSSR count). The smallest absolute Gasteiger partial charge is 0.126 e. The summed E-state index contributed by atoms with van der Waals surface area (Å²) in [5, 5.41) is 0.0422. The van der Waals surface area contributed by atoms with Crippen molar-refractivity contribution in [1.82, 2.24) is 0 Å². The van der Waals surface area contributed by atoms with Crippen LogP contribution in [0.5, 0.6) is 0 Å². The molecular formula is C19H24ClF. The van der Waals surface area contributed by atoms with Crippen LogP contribution >= 0.6 is 11.6 Å². The number of hydrogen-bond acceptors (Lipinski definition) is 0. The van der Waals surface area contributed by atoms with Gasteiger partial charge in [0.05, 0.1) is 5.38 Å². The summed E-state index contributed by atoms with van der Waals surface area (Å²) in [5.41, 5.74) is 2.30. The summed E-state index contributed by atoms with van der Waals surface area (Å²) in [6, 6.07) is 5.38. The first-order valence-corrected chi connectivity index (χ1v) is 8.87. The maximum Gasteiger partial charge on any atom is 0.126 e. The molecular weight excluding hydrogens is 283 g/mol. The molecule has 4 bridgehead atoms. The van der Waals surface area contributed by atoms with E-state index >= 15 is 0 Å². The fraction of sp³-hybridized carbons (Fsp3) is 0.684. The van der Waals surface area contributed by atoms with Gasteiger partial charge in [-0.1, -0.05) is 12.1 Å². The lowest BCUT2D eigenvalue weighted by Gasteiger charge is -2.57. The van der Waals surface area contributed by atoms with E-state index in [-0.39, 0.29) is 11.2 Å². The molecule has 0 aliphatic heterocycles. The van der Waals surface area contributed by atoms with Crippen molar-refractivity contribution in [2.45, 2.75) is 57.2 Å². The first-order valence-electron chi connectivity index (χ1n) is 8.43. The summed E-state index contributed by atoms with van der Waals surface area (Å²) in [4.78, 5) is 0. The lowest BCUT2D eigenvalue weighted by Crippen LogP contribution is -2.46. The van der Waals surface area contributed by atoms with Crippen molar-refractivity contribution in [3.8, 4) is 0 Å². The Labute approximate surface area is 132 Å². The van der Waals surface area contributed by atoms with Gasteiger partial charge in [-0.3, -0.25) is 0 Å². The maximum absolute atomic E-state index is 13.4. The minimum atomic E-state index is -0.127. The molecule has 4 fully saturated rings. The van der Waals surface area contributed by atoms with Gasteiger partial charge in [0.1, 0.15) is 5.82 Å². The number of benzene rings is 1. The van der Waals surface area contributed by atoms with Gasteiger partial charge in [0.25, 0.3) is 0 Å². The van der Waals surface area contributed by atoms with Crippen LogP contribution in [0.3, 0.4) is 0 Å². The van der Waals surface area contributed by atoms with Gasteiger partial charge in [0.2, 0.25) is 0 Å². The Kier molecular flexibility index (Phi) is 3.33. The molecule has 114 valence electrons. The Morgan fingerprint density at radius 3 is 2.24 bits per heavy atom. The van der Waals surface area contributed by atoms with Crippen LogP contribution < -0.4 is 0 Å². The molecule has 0 nitrogen and oxygen atoms in total. The number of aryl methyl sites for hydroxylation is 1. The van der Waals surface area contributed by atoms with Crippen LogP contribution in [0.4, 0.5) is 4.39 Å². The van der Waals surface area contributed by atoms with Gasteiger partial charge in [-0.25, -0.2) is 4.39 Å². The van der Waals surface area contributed by atoms with E-state index < -0.39 is 0 Å². The van der Waals surface area contributed by atoms with E-state index in [4.69, 9.17) is 11.6 Å². The molecule has 0 saturated heterocycles. The largest absolute Gasteiger partial charge is 0.207 e. The number of alkyl halides is 1. The van der Waals surface area contributed by atoms with E-state index in [0.29, 0.717) is 11.0 Å². The molecule has 0 radical (unpaired) electrons. The predicted molar refractivity (Wildman–Crippen MR) is 85.0 cm³/mol. The third-order valence-corrected chi connectivity index (χ3v) is 6.73. The van der Waals surface area contributed by atoms with Gasteiger partial charge in [-0.05, 0) is 92.2 Å². The van der Waals surface area contributed by atoms with Gasteiger partial charge < -0.3 is 0 Å². The average molecular weight is 307 g/mol. The molecule has 1 aromatic rings. The highest BCUT2D eigenvalue weighted by Crippen LogP contribution is 2.62. The van der Waals surface area contributed by atoms with Crippen LogP contribution in [-0.2, 0) is 0 Å². The molecule has 0 spiro atoms. The molecule has 1 unspecified atom stereocenters. The van der Waals surface area contributed by atoms with E-state index in [2.05, 4.69) is 0 Å². The molecule has 0 amide bonds. The van der Waals surface area contributed by atoms with Gasteiger partial charge in [-0.2, -0.15) is 0 Å². The van der Waals surface area contributed by atoms with Gasteiger partial charge >= 0.3 is 0 Å². The average Bonchev–Trinajstić information content (AvgIpc) is 2.39. The summed E-state index contributed by atoms with van der Waals surface area (Å²) in [5.74, 6) is 2.78. The van der Waals surface area contributed by atoms with Crippen molar-refractivity contribution in [1.29, 1.82) is 0 Å². The van der Waals surface area contributed by atoms with Crippen LogP contribution in [0.15, 0.2) is 18.2 Å². The Hall–Kier alpha value is -0.560. The third kappa shape index (κ3) is 2.52. The Morgan fingerprint density at radius 1 is 1.14 bits per heavy atom. The monoisotopic (exact) mass is 306 g/mol. The molecule has 0 N–H and O–H groups in total. The normalized spacial score (nSPS) is 38.7. The van der Waals surface area contributed by atoms with Crippen molar-refractivity contribution in [2.24, 2.45) is 23.2 Å². The lowest BCUT2D eigenvalue weighted by molar-refractivity contribution is -0.0576. The van der Waals surface area contributed by atoms with Crippen LogP contribution in [0, 0.1) is 35.9 Å². The SMILES string of the molecule is Cc1cc(C(Cl)CC23CC4CC(CC(C4)C2)C3)ccc1F. The van der Waals surface area contributed by atoms with Gasteiger partial charge in [0.15, 0.2) is 0 Å². The Morgan fingerprint density at radius 2 is 1.71 bits per heavy atom. The quantitative estimate of drug-likeness (QED) is 0.599. The molecule has 2 heteroatoms. The summed E-state index contributed by atoms with van der Waals surface area (Å²) in [7, 11) is 0. The summed E-state index contributed by atoms with van der Waals surface area (Å²) in [6.07, 6.45) is 9.68. The second kappa shape index (κ2) is 4.98. The summed E-state index contributed by atoms with van der Waals surface area (Å²) in [6.45, 7) is 1.83. The third-order valence-electron chi connectivity index (χ3n) is 6.32. The zero-order chi connectivity index (χ0) is 14.6. The van der Waals surface area contributed by atoms with E-state index in [9.17, 15) is 4.39 Å².